The summed E-state index contributed by atoms with van der Waals surface area (Å²) >= 11 is 0. The van der Waals surface area contributed by atoms with E-state index < -0.39 is 17.5 Å². The first-order valence-corrected chi connectivity index (χ1v) is 12.4. The molecule has 7 nitrogen and oxygen atoms in total. The monoisotopic (exact) mass is 497 g/mol. The number of ether oxygens (including phenoxy) is 3. The summed E-state index contributed by atoms with van der Waals surface area (Å²) in [7, 11) is 0. The lowest BCUT2D eigenvalue weighted by Gasteiger charge is -2.33. The minimum absolute atomic E-state index is 0.0905. The van der Waals surface area contributed by atoms with E-state index in [-0.39, 0.29) is 19.1 Å². The summed E-state index contributed by atoms with van der Waals surface area (Å²) in [5.74, 6) is -0.292. The highest BCUT2D eigenvalue weighted by Crippen LogP contribution is 2.31. The minimum Gasteiger partial charge on any atom is -0.493 e. The van der Waals surface area contributed by atoms with Crippen LogP contribution < -0.4 is 10.1 Å². The molecular formula is C29H39NO6. The molecule has 0 saturated carbocycles. The van der Waals surface area contributed by atoms with E-state index in [1.54, 1.807) is 0 Å². The fraction of sp³-hybridized carbons (Fsp3) is 0.483. The molecule has 0 bridgehead atoms. The molecule has 0 spiro atoms. The van der Waals surface area contributed by atoms with E-state index in [0.717, 1.165) is 46.4 Å². The van der Waals surface area contributed by atoms with Crippen LogP contribution in [0.2, 0.25) is 0 Å². The van der Waals surface area contributed by atoms with Gasteiger partial charge in [0.15, 0.2) is 0 Å². The fourth-order valence-electron chi connectivity index (χ4n) is 4.13. The average Bonchev–Trinajstić information content (AvgIpc) is 2.81. The maximum absolute atomic E-state index is 12.0. The first-order valence-electron chi connectivity index (χ1n) is 12.4. The topological polar surface area (TPSA) is 90.9 Å². The minimum atomic E-state index is -1.02. The van der Waals surface area contributed by atoms with Gasteiger partial charge in [-0.25, -0.2) is 0 Å². The van der Waals surface area contributed by atoms with Gasteiger partial charge in [-0.1, -0.05) is 37.6 Å². The van der Waals surface area contributed by atoms with Crippen molar-refractivity contribution in [1.29, 1.82) is 0 Å². The van der Waals surface area contributed by atoms with Gasteiger partial charge in [0.2, 0.25) is 5.91 Å². The quantitative estimate of drug-likeness (QED) is 0.306. The summed E-state index contributed by atoms with van der Waals surface area (Å²) in [5.41, 5.74) is 4.39. The number of rotatable bonds is 13. The van der Waals surface area contributed by atoms with Crippen molar-refractivity contribution < 1.29 is 28.6 Å². The van der Waals surface area contributed by atoms with E-state index in [1.807, 2.05) is 12.1 Å². The standard InChI is InChI=1S/C29H39NO6/c1-7-8-14-34-28-20(2)15-27(16-21(28)3)26-11-9-10-25(17-26)12-13-29(30-22(4)31,18-35-23(5)32)19-36-24(6)33/h9-11,15-17H,7-8,12-14,18-19H2,1-6H3,(H,30,31). The molecule has 7 heteroatoms. The van der Waals surface area contributed by atoms with E-state index in [4.69, 9.17) is 14.2 Å². The van der Waals surface area contributed by atoms with Gasteiger partial charge in [0.1, 0.15) is 24.5 Å². The van der Waals surface area contributed by atoms with Crippen molar-refractivity contribution in [3.8, 4) is 16.9 Å². The van der Waals surface area contributed by atoms with Crippen LogP contribution in [0.25, 0.3) is 11.1 Å². The molecule has 0 fully saturated rings. The Hall–Kier alpha value is -3.35. The molecule has 1 N–H and O–H groups in total. The highest BCUT2D eigenvalue weighted by atomic mass is 16.5. The zero-order valence-corrected chi connectivity index (χ0v) is 22.4. The molecule has 36 heavy (non-hydrogen) atoms. The molecule has 0 atom stereocenters. The zero-order chi connectivity index (χ0) is 26.7. The predicted molar refractivity (Wildman–Crippen MR) is 140 cm³/mol. The van der Waals surface area contributed by atoms with Crippen LogP contribution in [0, 0.1) is 13.8 Å². The first kappa shape index (κ1) is 28.9. The van der Waals surface area contributed by atoms with Gasteiger partial charge in [0.05, 0.1) is 6.61 Å². The number of carbonyl (C=O) groups excluding carboxylic acids is 3. The SMILES string of the molecule is CCCCOc1c(C)cc(-c2cccc(CCC(COC(C)=O)(COC(C)=O)NC(C)=O)c2)cc1C. The summed E-state index contributed by atoms with van der Waals surface area (Å²) in [6.07, 6.45) is 3.11. The Kier molecular flexibility index (Phi) is 11.0. The van der Waals surface area contributed by atoms with Crippen molar-refractivity contribution in [2.75, 3.05) is 19.8 Å². The maximum Gasteiger partial charge on any atom is 0.302 e. The number of unbranched alkanes of at least 4 members (excludes halogenated alkanes) is 1. The van der Waals surface area contributed by atoms with Crippen molar-refractivity contribution in [3.63, 3.8) is 0 Å². The molecule has 0 heterocycles. The van der Waals surface area contributed by atoms with E-state index in [9.17, 15) is 14.4 Å². The van der Waals surface area contributed by atoms with Crippen molar-refractivity contribution >= 4 is 17.8 Å². The largest absolute Gasteiger partial charge is 0.493 e. The van der Waals surface area contributed by atoms with Crippen LogP contribution >= 0.6 is 0 Å². The maximum atomic E-state index is 12.0. The third-order valence-electron chi connectivity index (χ3n) is 5.90. The number of carbonyl (C=O) groups is 3. The third kappa shape index (κ3) is 9.02. The summed E-state index contributed by atoms with van der Waals surface area (Å²) in [5, 5.41) is 2.86. The summed E-state index contributed by atoms with van der Waals surface area (Å²) < 4.78 is 16.5. The number of hydrogen-bond donors (Lipinski definition) is 1. The van der Waals surface area contributed by atoms with Crippen LogP contribution in [0.1, 0.15) is 63.6 Å². The number of nitrogens with one attached hydrogen (secondary N) is 1. The van der Waals surface area contributed by atoms with E-state index in [0.29, 0.717) is 19.4 Å². The fourth-order valence-corrected chi connectivity index (χ4v) is 4.13. The highest BCUT2D eigenvalue weighted by Gasteiger charge is 2.34. The van der Waals surface area contributed by atoms with Crippen LogP contribution in [0.3, 0.4) is 0 Å². The molecule has 0 aliphatic heterocycles. The smallest absolute Gasteiger partial charge is 0.302 e. The summed E-state index contributed by atoms with van der Waals surface area (Å²) in [6.45, 7) is 10.8. The van der Waals surface area contributed by atoms with Gasteiger partial charge >= 0.3 is 11.9 Å². The Labute approximate surface area is 214 Å². The normalized spacial score (nSPS) is 11.1. The molecule has 2 rings (SSSR count). The predicted octanol–water partition coefficient (Wildman–Crippen LogP) is 5.08. The van der Waals surface area contributed by atoms with Gasteiger partial charge in [0.25, 0.3) is 0 Å². The third-order valence-corrected chi connectivity index (χ3v) is 5.90. The first-order chi connectivity index (χ1) is 17.0. The molecule has 0 saturated heterocycles. The molecule has 0 aliphatic rings. The second kappa shape index (κ2) is 13.7. The molecule has 1 amide bonds. The van der Waals surface area contributed by atoms with E-state index in [1.165, 1.54) is 20.8 Å². The van der Waals surface area contributed by atoms with Gasteiger partial charge in [-0.3, -0.25) is 14.4 Å². The lowest BCUT2D eigenvalue weighted by Crippen LogP contribution is -2.55. The van der Waals surface area contributed by atoms with Crippen LogP contribution in [0.15, 0.2) is 36.4 Å². The van der Waals surface area contributed by atoms with Gasteiger partial charge in [-0.15, -0.1) is 0 Å². The Bertz CT molecular complexity index is 1020. The number of benzene rings is 2. The Morgan fingerprint density at radius 3 is 2.03 bits per heavy atom. The van der Waals surface area contributed by atoms with E-state index >= 15 is 0 Å². The number of amides is 1. The Morgan fingerprint density at radius 2 is 1.50 bits per heavy atom. The molecule has 0 aliphatic carbocycles. The van der Waals surface area contributed by atoms with E-state index in [2.05, 4.69) is 50.4 Å². The molecule has 0 aromatic heterocycles. The number of hydrogen-bond acceptors (Lipinski definition) is 6. The van der Waals surface area contributed by atoms with Gasteiger partial charge in [0, 0.05) is 20.8 Å². The lowest BCUT2D eigenvalue weighted by molar-refractivity contribution is -0.150. The molecule has 2 aromatic rings. The van der Waals surface area contributed by atoms with Gasteiger partial charge < -0.3 is 19.5 Å². The van der Waals surface area contributed by atoms with Crippen molar-refractivity contribution in [1.82, 2.24) is 5.32 Å². The van der Waals surface area contributed by atoms with Crippen LogP contribution in [0.4, 0.5) is 0 Å². The number of esters is 2. The van der Waals surface area contributed by atoms with Crippen molar-refractivity contribution in [2.24, 2.45) is 0 Å². The summed E-state index contributed by atoms with van der Waals surface area (Å²) in [6, 6.07) is 12.5. The molecule has 196 valence electrons. The second-order valence-electron chi connectivity index (χ2n) is 9.36. The van der Waals surface area contributed by atoms with Gasteiger partial charge in [-0.05, 0) is 73.1 Å². The van der Waals surface area contributed by atoms with Crippen LogP contribution in [0.5, 0.6) is 5.75 Å². The molecule has 2 aromatic carbocycles. The Balaban J connectivity index is 2.27. The Morgan fingerprint density at radius 1 is 0.889 bits per heavy atom. The van der Waals surface area contributed by atoms with Gasteiger partial charge in [-0.2, -0.15) is 0 Å². The molecule has 0 radical (unpaired) electrons. The molecular weight excluding hydrogens is 458 g/mol. The van der Waals surface area contributed by atoms with Crippen LogP contribution in [-0.4, -0.2) is 43.2 Å². The number of aryl methyl sites for hydroxylation is 3. The summed E-state index contributed by atoms with van der Waals surface area (Å²) in [4.78, 5) is 35.0. The lowest BCUT2D eigenvalue weighted by atomic mass is 9.91. The molecule has 0 unspecified atom stereocenters. The van der Waals surface area contributed by atoms with Crippen molar-refractivity contribution in [2.45, 2.75) is 72.8 Å². The van der Waals surface area contributed by atoms with Crippen molar-refractivity contribution in [3.05, 3.63) is 53.1 Å². The highest BCUT2D eigenvalue weighted by molar-refractivity contribution is 5.74. The zero-order valence-electron chi connectivity index (χ0n) is 22.4. The van der Waals surface area contributed by atoms with Crippen LogP contribution in [-0.2, 0) is 30.3 Å². The average molecular weight is 498 g/mol. The second-order valence-corrected chi connectivity index (χ2v) is 9.36.